The summed E-state index contributed by atoms with van der Waals surface area (Å²) < 4.78 is 10.7. The fourth-order valence-corrected chi connectivity index (χ4v) is 1.26. The molecule has 1 aromatic heterocycles. The Balaban J connectivity index is 2.79. The molecular formula is C11H21N3O2. The predicted octanol–water partition coefficient (Wildman–Crippen LogP) is 2.55. The summed E-state index contributed by atoms with van der Waals surface area (Å²) in [6.45, 7) is 12.5. The van der Waals surface area contributed by atoms with E-state index in [1.165, 1.54) is 0 Å². The molecule has 0 amide bonds. The summed E-state index contributed by atoms with van der Waals surface area (Å²) in [7, 11) is 0. The number of nitrogens with one attached hydrogen (secondary N) is 1. The molecule has 1 aromatic rings. The van der Waals surface area contributed by atoms with Crippen LogP contribution in [0.4, 0.5) is 6.01 Å². The Labute approximate surface area is 96.6 Å². The Morgan fingerprint density at radius 3 is 2.38 bits per heavy atom. The highest BCUT2D eigenvalue weighted by molar-refractivity contribution is 5.23. The molecule has 1 N–H and O–H groups in total. The Kier molecular flexibility index (Phi) is 3.57. The molecule has 92 valence electrons. The fraction of sp³-hybridized carbons (Fsp3) is 0.818. The lowest BCUT2D eigenvalue weighted by Gasteiger charge is -2.20. The van der Waals surface area contributed by atoms with E-state index < -0.39 is 5.60 Å². The molecule has 0 unspecified atom stereocenters. The molecule has 1 rings (SSSR count). The van der Waals surface area contributed by atoms with E-state index in [4.69, 9.17) is 9.26 Å². The van der Waals surface area contributed by atoms with E-state index >= 15 is 0 Å². The lowest BCUT2D eigenvalue weighted by Crippen LogP contribution is -2.27. The van der Waals surface area contributed by atoms with Gasteiger partial charge in [-0.2, -0.15) is 4.98 Å². The molecule has 1 heterocycles. The second kappa shape index (κ2) is 4.41. The first-order valence-corrected chi connectivity index (χ1v) is 5.51. The first kappa shape index (κ1) is 13.0. The largest absolute Gasteiger partial charge is 0.368 e. The zero-order chi connectivity index (χ0) is 12.4. The average Bonchev–Trinajstić information content (AvgIpc) is 2.49. The summed E-state index contributed by atoms with van der Waals surface area (Å²) in [5.74, 6) is 0.557. The van der Waals surface area contributed by atoms with Crippen molar-refractivity contribution in [2.24, 2.45) is 0 Å². The number of ether oxygens (including phenoxy) is 1. The van der Waals surface area contributed by atoms with Crippen LogP contribution in [0.15, 0.2) is 4.52 Å². The number of aromatic nitrogens is 2. The van der Waals surface area contributed by atoms with Gasteiger partial charge in [-0.3, -0.25) is 0 Å². The quantitative estimate of drug-likeness (QED) is 0.856. The van der Waals surface area contributed by atoms with Gasteiger partial charge in [0.1, 0.15) is 5.60 Å². The topological polar surface area (TPSA) is 60.2 Å². The predicted molar refractivity (Wildman–Crippen MR) is 62.3 cm³/mol. The van der Waals surface area contributed by atoms with Crippen LogP contribution < -0.4 is 5.32 Å². The lowest BCUT2D eigenvalue weighted by molar-refractivity contribution is -0.0221. The van der Waals surface area contributed by atoms with Crippen LogP contribution in [0.3, 0.4) is 0 Å². The summed E-state index contributed by atoms with van der Waals surface area (Å²) >= 11 is 0. The van der Waals surface area contributed by atoms with Crippen LogP contribution in [-0.4, -0.2) is 22.3 Å². The Morgan fingerprint density at radius 1 is 1.25 bits per heavy atom. The number of hydrogen-bond acceptors (Lipinski definition) is 5. The van der Waals surface area contributed by atoms with E-state index in [9.17, 15) is 0 Å². The highest BCUT2D eigenvalue weighted by atomic mass is 16.5. The third-order valence-corrected chi connectivity index (χ3v) is 1.95. The van der Waals surface area contributed by atoms with Gasteiger partial charge < -0.3 is 14.6 Å². The molecule has 0 aliphatic rings. The summed E-state index contributed by atoms with van der Waals surface area (Å²) in [6, 6.07) is 0.426. The normalized spacial score (nSPS) is 12.9. The van der Waals surface area contributed by atoms with Crippen molar-refractivity contribution in [3.63, 3.8) is 0 Å². The number of nitrogens with zero attached hydrogens (tertiary/aromatic N) is 2. The van der Waals surface area contributed by atoms with Crippen LogP contribution in [-0.2, 0) is 10.3 Å². The second-order valence-corrected chi connectivity index (χ2v) is 5.24. The van der Waals surface area contributed by atoms with Crippen molar-refractivity contribution < 1.29 is 9.26 Å². The second-order valence-electron chi connectivity index (χ2n) is 5.24. The molecule has 0 aromatic carbocycles. The van der Waals surface area contributed by atoms with Gasteiger partial charge in [0, 0.05) is 12.1 Å². The maximum Gasteiger partial charge on any atom is 0.321 e. The molecular weight excluding hydrogens is 206 g/mol. The van der Waals surface area contributed by atoms with Crippen LogP contribution in [0.2, 0.25) is 0 Å². The van der Waals surface area contributed by atoms with Crippen molar-refractivity contribution in [2.45, 2.75) is 52.7 Å². The number of hydrogen-bond donors (Lipinski definition) is 1. The maximum absolute atomic E-state index is 5.55. The minimum Gasteiger partial charge on any atom is -0.368 e. The van der Waals surface area contributed by atoms with Gasteiger partial charge in [-0.15, -0.1) is 0 Å². The van der Waals surface area contributed by atoms with Crippen molar-refractivity contribution in [1.29, 1.82) is 0 Å². The highest BCUT2D eigenvalue weighted by Crippen LogP contribution is 2.23. The number of rotatable bonds is 4. The SMILES string of the molecule is CCOC(C)(C)c1noc(NC(C)(C)C)n1. The van der Waals surface area contributed by atoms with Gasteiger partial charge in [0.05, 0.1) is 0 Å². The molecule has 5 heteroatoms. The van der Waals surface area contributed by atoms with E-state index in [2.05, 4.69) is 15.5 Å². The molecule has 0 spiro atoms. The lowest BCUT2D eigenvalue weighted by atomic mass is 10.1. The zero-order valence-electron chi connectivity index (χ0n) is 10.9. The third-order valence-electron chi connectivity index (χ3n) is 1.95. The molecule has 0 radical (unpaired) electrons. The molecule has 0 aliphatic carbocycles. The van der Waals surface area contributed by atoms with Gasteiger partial charge in [-0.05, 0) is 41.5 Å². The van der Waals surface area contributed by atoms with Crippen molar-refractivity contribution in [1.82, 2.24) is 10.1 Å². The zero-order valence-corrected chi connectivity index (χ0v) is 10.9. The van der Waals surface area contributed by atoms with Crippen molar-refractivity contribution in [3.8, 4) is 0 Å². The van der Waals surface area contributed by atoms with Crippen LogP contribution >= 0.6 is 0 Å². The van der Waals surface area contributed by atoms with Gasteiger partial charge in [-0.25, -0.2) is 0 Å². The van der Waals surface area contributed by atoms with Crippen LogP contribution in [0.5, 0.6) is 0 Å². The van der Waals surface area contributed by atoms with Gasteiger partial charge >= 0.3 is 6.01 Å². The van der Waals surface area contributed by atoms with Crippen LogP contribution in [0.25, 0.3) is 0 Å². The minimum absolute atomic E-state index is 0.0977. The Hall–Kier alpha value is -1.10. The molecule has 0 atom stereocenters. The summed E-state index contributed by atoms with van der Waals surface area (Å²) in [5, 5.41) is 7.04. The first-order valence-electron chi connectivity index (χ1n) is 5.51. The summed E-state index contributed by atoms with van der Waals surface area (Å²) in [4.78, 5) is 4.27. The van der Waals surface area contributed by atoms with Crippen molar-refractivity contribution in [2.75, 3.05) is 11.9 Å². The van der Waals surface area contributed by atoms with Crippen molar-refractivity contribution in [3.05, 3.63) is 5.82 Å². The standard InChI is InChI=1S/C11H21N3O2/c1-7-15-11(5,6)8-12-9(16-14-8)13-10(2,3)4/h7H2,1-6H3,(H,12,13,14). The first-order chi connectivity index (χ1) is 7.24. The molecule has 0 saturated carbocycles. The third kappa shape index (κ3) is 3.48. The molecule has 0 saturated heterocycles. The Morgan fingerprint density at radius 2 is 1.88 bits per heavy atom. The molecule has 0 aliphatic heterocycles. The van der Waals surface area contributed by atoms with Crippen molar-refractivity contribution >= 4 is 6.01 Å². The monoisotopic (exact) mass is 227 g/mol. The summed E-state index contributed by atoms with van der Waals surface area (Å²) in [6.07, 6.45) is 0. The highest BCUT2D eigenvalue weighted by Gasteiger charge is 2.27. The number of anilines is 1. The molecule has 5 nitrogen and oxygen atoms in total. The van der Waals surface area contributed by atoms with Gasteiger partial charge in [-0.1, -0.05) is 5.16 Å². The van der Waals surface area contributed by atoms with E-state index in [1.54, 1.807) is 0 Å². The van der Waals surface area contributed by atoms with E-state index in [1.807, 2.05) is 41.5 Å². The van der Waals surface area contributed by atoms with E-state index in [-0.39, 0.29) is 5.54 Å². The molecule has 0 bridgehead atoms. The summed E-state index contributed by atoms with van der Waals surface area (Å²) in [5.41, 5.74) is -0.615. The maximum atomic E-state index is 5.55. The average molecular weight is 227 g/mol. The van der Waals surface area contributed by atoms with E-state index in [0.29, 0.717) is 18.4 Å². The Bertz CT molecular complexity index is 339. The van der Waals surface area contributed by atoms with Gasteiger partial charge in [0.15, 0.2) is 0 Å². The fourth-order valence-electron chi connectivity index (χ4n) is 1.26. The van der Waals surface area contributed by atoms with Gasteiger partial charge in [0.2, 0.25) is 5.82 Å². The van der Waals surface area contributed by atoms with E-state index in [0.717, 1.165) is 0 Å². The van der Waals surface area contributed by atoms with Gasteiger partial charge in [0.25, 0.3) is 0 Å². The minimum atomic E-state index is -0.518. The molecule has 16 heavy (non-hydrogen) atoms. The molecule has 0 fully saturated rings. The van der Waals surface area contributed by atoms with Crippen LogP contribution in [0, 0.1) is 0 Å². The van der Waals surface area contributed by atoms with Crippen LogP contribution in [0.1, 0.15) is 47.4 Å². The smallest absolute Gasteiger partial charge is 0.321 e.